The van der Waals surface area contributed by atoms with Crippen molar-refractivity contribution in [3.63, 3.8) is 0 Å². The largest absolute Gasteiger partial charge is 0.383 e. The molecule has 0 heterocycles. The van der Waals surface area contributed by atoms with Gasteiger partial charge in [0.1, 0.15) is 0 Å². The Hall–Kier alpha value is -0.286. The fourth-order valence-electron chi connectivity index (χ4n) is 2.76. The summed E-state index contributed by atoms with van der Waals surface area (Å²) in [5, 5.41) is 5.76. The van der Waals surface area contributed by atoms with Crippen LogP contribution in [-0.4, -0.2) is 24.6 Å². The van der Waals surface area contributed by atoms with E-state index in [1.54, 1.807) is 22.0 Å². The van der Waals surface area contributed by atoms with Crippen molar-refractivity contribution >= 4 is 19.0 Å². The van der Waals surface area contributed by atoms with Gasteiger partial charge in [-0.25, -0.2) is 0 Å². The molecule has 0 fully saturated rings. The summed E-state index contributed by atoms with van der Waals surface area (Å²) in [6, 6.07) is 0. The Kier molecular flexibility index (Phi) is 3.85. The van der Waals surface area contributed by atoms with Crippen molar-refractivity contribution in [1.29, 1.82) is 0 Å². The third kappa shape index (κ3) is 2.45. The summed E-state index contributed by atoms with van der Waals surface area (Å²) in [6.45, 7) is 18.9. The molecule has 17 heavy (non-hydrogen) atoms. The minimum Gasteiger partial charge on any atom is -0.383 e. The Bertz CT molecular complexity index is 386. The molecule has 98 valence electrons. The molecular formula is C14H29NSi2. The van der Waals surface area contributed by atoms with Gasteiger partial charge in [-0.15, -0.1) is 0 Å². The van der Waals surface area contributed by atoms with Gasteiger partial charge in [0.2, 0.25) is 0 Å². The van der Waals surface area contributed by atoms with Crippen molar-refractivity contribution in [3.8, 4) is 0 Å². The van der Waals surface area contributed by atoms with Crippen LogP contribution in [0.1, 0.15) is 41.5 Å². The highest BCUT2D eigenvalue weighted by Gasteiger charge is 2.42. The molecule has 1 aliphatic carbocycles. The van der Waals surface area contributed by atoms with Gasteiger partial charge in [0.15, 0.2) is 0 Å². The maximum absolute atomic E-state index is 3.81. The van der Waals surface area contributed by atoms with E-state index < -0.39 is 8.80 Å². The number of rotatable bonds is 2. The standard InChI is InChI=1S/C14H29NSi2/c1-9-10(2)14(6,17(7)8)12(11(9)16)15-13(3,4)5/h15,17H,1-8,16H3. The topological polar surface area (TPSA) is 12.0 Å². The van der Waals surface area contributed by atoms with Gasteiger partial charge in [0.25, 0.3) is 0 Å². The molecule has 0 amide bonds. The van der Waals surface area contributed by atoms with Gasteiger partial charge in [-0.05, 0) is 39.8 Å². The van der Waals surface area contributed by atoms with Crippen molar-refractivity contribution in [2.24, 2.45) is 0 Å². The normalized spacial score (nSPS) is 26.4. The molecular weight excluding hydrogens is 238 g/mol. The molecule has 1 nitrogen and oxygen atoms in total. The summed E-state index contributed by atoms with van der Waals surface area (Å²) in [6.07, 6.45) is 0. The fraction of sp³-hybridized carbons (Fsp3) is 0.714. The van der Waals surface area contributed by atoms with Crippen LogP contribution < -0.4 is 5.32 Å². The van der Waals surface area contributed by atoms with Crippen molar-refractivity contribution in [2.45, 2.75) is 65.2 Å². The second-order valence-corrected chi connectivity index (χ2v) is 11.4. The van der Waals surface area contributed by atoms with Crippen LogP contribution in [0.4, 0.5) is 0 Å². The average molecular weight is 268 g/mol. The first kappa shape index (κ1) is 14.8. The van der Waals surface area contributed by atoms with E-state index in [2.05, 4.69) is 60.0 Å². The zero-order valence-corrected chi connectivity index (χ0v) is 16.2. The van der Waals surface area contributed by atoms with Gasteiger partial charge in [0, 0.05) is 35.3 Å². The maximum Gasteiger partial charge on any atom is 0.0494 e. The van der Waals surface area contributed by atoms with E-state index in [0.29, 0.717) is 5.04 Å². The van der Waals surface area contributed by atoms with E-state index in [1.807, 2.05) is 0 Å². The second kappa shape index (κ2) is 4.43. The van der Waals surface area contributed by atoms with Gasteiger partial charge in [-0.3, -0.25) is 0 Å². The highest BCUT2D eigenvalue weighted by molar-refractivity contribution is 6.62. The van der Waals surface area contributed by atoms with Crippen LogP contribution in [0.3, 0.4) is 0 Å². The zero-order valence-electron chi connectivity index (χ0n) is 13.1. The highest BCUT2D eigenvalue weighted by atomic mass is 28.3. The van der Waals surface area contributed by atoms with Crippen LogP contribution in [0.2, 0.25) is 18.1 Å². The first-order chi connectivity index (χ1) is 7.51. The lowest BCUT2D eigenvalue weighted by atomic mass is 9.99. The van der Waals surface area contributed by atoms with Crippen molar-refractivity contribution in [1.82, 2.24) is 5.32 Å². The molecule has 0 radical (unpaired) electrons. The van der Waals surface area contributed by atoms with Crippen LogP contribution in [0.5, 0.6) is 0 Å². The third-order valence-corrected chi connectivity index (χ3v) is 8.73. The summed E-state index contributed by atoms with van der Waals surface area (Å²) in [4.78, 5) is 0. The number of hydrogen-bond acceptors (Lipinski definition) is 1. The summed E-state index contributed by atoms with van der Waals surface area (Å²) < 4.78 is 0. The summed E-state index contributed by atoms with van der Waals surface area (Å²) in [5.41, 5.74) is 4.90. The minimum absolute atomic E-state index is 0.167. The van der Waals surface area contributed by atoms with E-state index >= 15 is 0 Å². The van der Waals surface area contributed by atoms with Crippen LogP contribution >= 0.6 is 0 Å². The lowest BCUT2D eigenvalue weighted by molar-refractivity contribution is 0.453. The Morgan fingerprint density at radius 1 is 1.18 bits per heavy atom. The first-order valence-corrected chi connectivity index (χ1v) is 10.6. The monoisotopic (exact) mass is 267 g/mol. The van der Waals surface area contributed by atoms with Gasteiger partial charge in [0.05, 0.1) is 0 Å². The van der Waals surface area contributed by atoms with E-state index in [4.69, 9.17) is 0 Å². The van der Waals surface area contributed by atoms with Gasteiger partial charge in [-0.1, -0.05) is 31.2 Å². The van der Waals surface area contributed by atoms with Crippen molar-refractivity contribution in [3.05, 3.63) is 22.0 Å². The fourth-order valence-corrected chi connectivity index (χ4v) is 6.01. The molecule has 0 aromatic rings. The third-order valence-electron chi connectivity index (χ3n) is 4.45. The minimum atomic E-state index is -0.776. The molecule has 0 spiro atoms. The average Bonchev–Trinajstić information content (AvgIpc) is 2.32. The molecule has 0 bridgehead atoms. The molecule has 3 heteroatoms. The highest BCUT2D eigenvalue weighted by Crippen LogP contribution is 2.52. The Morgan fingerprint density at radius 2 is 1.65 bits per heavy atom. The number of nitrogens with one attached hydrogen (secondary N) is 1. The molecule has 0 aromatic carbocycles. The van der Waals surface area contributed by atoms with Crippen LogP contribution in [0.25, 0.3) is 0 Å². The molecule has 1 rings (SSSR count). The Morgan fingerprint density at radius 3 is 2.00 bits per heavy atom. The quantitative estimate of drug-likeness (QED) is 0.758. The maximum atomic E-state index is 3.81. The van der Waals surface area contributed by atoms with Gasteiger partial charge in [-0.2, -0.15) is 0 Å². The molecule has 1 atom stereocenters. The number of hydrogen-bond donors (Lipinski definition) is 1. The first-order valence-electron chi connectivity index (χ1n) is 6.69. The molecule has 1 unspecified atom stereocenters. The van der Waals surface area contributed by atoms with Crippen LogP contribution in [0.15, 0.2) is 22.0 Å². The van der Waals surface area contributed by atoms with Crippen molar-refractivity contribution < 1.29 is 0 Å². The summed E-state index contributed by atoms with van der Waals surface area (Å²) >= 11 is 0. The molecule has 0 saturated heterocycles. The van der Waals surface area contributed by atoms with Crippen molar-refractivity contribution in [2.75, 3.05) is 0 Å². The lowest BCUT2D eigenvalue weighted by Gasteiger charge is -2.38. The smallest absolute Gasteiger partial charge is 0.0494 e. The summed E-state index contributed by atoms with van der Waals surface area (Å²) in [7, 11) is 0.374. The molecule has 0 saturated carbocycles. The Balaban J connectivity index is 3.28. The van der Waals surface area contributed by atoms with E-state index in [-0.39, 0.29) is 5.54 Å². The van der Waals surface area contributed by atoms with E-state index in [1.165, 1.54) is 0 Å². The van der Waals surface area contributed by atoms with Crippen LogP contribution in [-0.2, 0) is 0 Å². The predicted octanol–water partition coefficient (Wildman–Crippen LogP) is 2.55. The molecule has 0 aromatic heterocycles. The van der Waals surface area contributed by atoms with E-state index in [9.17, 15) is 0 Å². The summed E-state index contributed by atoms with van der Waals surface area (Å²) in [5.74, 6) is 0. The predicted molar refractivity (Wildman–Crippen MR) is 85.5 cm³/mol. The van der Waals surface area contributed by atoms with Gasteiger partial charge < -0.3 is 5.32 Å². The Labute approximate surface area is 112 Å². The second-order valence-electron chi connectivity index (χ2n) is 6.98. The zero-order chi connectivity index (χ0) is 13.6. The lowest BCUT2D eigenvalue weighted by Crippen LogP contribution is -2.42. The SMILES string of the molecule is CC1=C(C)C(C)([SiH](C)C)C(NC(C)(C)C)=C1[SiH3]. The van der Waals surface area contributed by atoms with Gasteiger partial charge >= 0.3 is 0 Å². The molecule has 1 N–H and O–H groups in total. The number of allylic oxidation sites excluding steroid dienone is 3. The molecule has 1 aliphatic rings. The van der Waals surface area contributed by atoms with E-state index in [0.717, 1.165) is 10.2 Å². The molecule has 0 aliphatic heterocycles. The van der Waals surface area contributed by atoms with Crippen LogP contribution in [0, 0.1) is 0 Å².